The highest BCUT2D eigenvalue weighted by molar-refractivity contribution is 5.35. The standard InChI is InChI=1S/C14H17F3O2/c15-14(16,17)19-12-9-5-4-8-11(12)13(18)10-6-2-1-3-7-10/h4-5,8-10,13,18H,1-3,6-7H2. The van der Waals surface area contributed by atoms with Crippen LogP contribution in [0.1, 0.15) is 43.8 Å². The Bertz CT molecular complexity index is 411. The molecule has 1 N–H and O–H groups in total. The van der Waals surface area contributed by atoms with Crippen molar-refractivity contribution >= 4 is 0 Å². The van der Waals surface area contributed by atoms with Gasteiger partial charge in [0.05, 0.1) is 6.10 Å². The van der Waals surface area contributed by atoms with Gasteiger partial charge in [-0.1, -0.05) is 37.5 Å². The molecule has 0 saturated heterocycles. The lowest BCUT2D eigenvalue weighted by molar-refractivity contribution is -0.275. The number of ether oxygens (including phenoxy) is 1. The minimum Gasteiger partial charge on any atom is -0.405 e. The molecule has 0 aliphatic heterocycles. The topological polar surface area (TPSA) is 29.5 Å². The molecule has 0 aromatic heterocycles. The van der Waals surface area contributed by atoms with Gasteiger partial charge in [-0.2, -0.15) is 0 Å². The summed E-state index contributed by atoms with van der Waals surface area (Å²) in [6.45, 7) is 0. The zero-order chi connectivity index (χ0) is 13.9. The van der Waals surface area contributed by atoms with Crippen LogP contribution in [0.25, 0.3) is 0 Å². The number of alkyl halides is 3. The number of hydrogen-bond acceptors (Lipinski definition) is 2. The van der Waals surface area contributed by atoms with Gasteiger partial charge in [-0.15, -0.1) is 13.2 Å². The Labute approximate surface area is 110 Å². The van der Waals surface area contributed by atoms with E-state index >= 15 is 0 Å². The van der Waals surface area contributed by atoms with Crippen molar-refractivity contribution in [3.8, 4) is 5.75 Å². The normalized spacial score (nSPS) is 19.2. The van der Waals surface area contributed by atoms with Crippen LogP contribution in [0.3, 0.4) is 0 Å². The number of rotatable bonds is 3. The summed E-state index contributed by atoms with van der Waals surface area (Å²) in [6.07, 6.45) is -0.762. The van der Waals surface area contributed by atoms with Gasteiger partial charge >= 0.3 is 6.36 Å². The van der Waals surface area contributed by atoms with Gasteiger partial charge in [0.1, 0.15) is 5.75 Å². The Balaban J connectivity index is 2.18. The molecule has 2 rings (SSSR count). The van der Waals surface area contributed by atoms with E-state index in [1.165, 1.54) is 18.2 Å². The van der Waals surface area contributed by atoms with E-state index in [-0.39, 0.29) is 17.2 Å². The Morgan fingerprint density at radius 2 is 1.74 bits per heavy atom. The second-order valence-corrected chi connectivity index (χ2v) is 4.93. The molecule has 0 amide bonds. The third kappa shape index (κ3) is 3.86. The lowest BCUT2D eigenvalue weighted by atomic mass is 9.82. The largest absolute Gasteiger partial charge is 0.573 e. The average molecular weight is 274 g/mol. The predicted octanol–water partition coefficient (Wildman–Crippen LogP) is 4.20. The molecule has 0 bridgehead atoms. The van der Waals surface area contributed by atoms with Crippen molar-refractivity contribution in [1.29, 1.82) is 0 Å². The Morgan fingerprint density at radius 1 is 1.11 bits per heavy atom. The van der Waals surface area contributed by atoms with E-state index in [1.807, 2.05) is 0 Å². The van der Waals surface area contributed by atoms with E-state index in [1.54, 1.807) is 6.07 Å². The van der Waals surface area contributed by atoms with Gasteiger partial charge in [-0.05, 0) is 24.8 Å². The summed E-state index contributed by atoms with van der Waals surface area (Å²) in [5.74, 6) is -0.278. The second kappa shape index (κ2) is 5.82. The maximum atomic E-state index is 12.3. The van der Waals surface area contributed by atoms with Gasteiger partial charge in [0.2, 0.25) is 0 Å². The lowest BCUT2D eigenvalue weighted by Gasteiger charge is -2.28. The van der Waals surface area contributed by atoms with Gasteiger partial charge in [0.15, 0.2) is 0 Å². The van der Waals surface area contributed by atoms with E-state index < -0.39 is 12.5 Å². The molecule has 1 fully saturated rings. The third-order valence-corrected chi connectivity index (χ3v) is 3.56. The number of para-hydroxylation sites is 1. The highest BCUT2D eigenvalue weighted by Crippen LogP contribution is 2.39. The molecule has 1 aromatic rings. The van der Waals surface area contributed by atoms with E-state index in [4.69, 9.17) is 0 Å². The van der Waals surface area contributed by atoms with Gasteiger partial charge in [0.25, 0.3) is 0 Å². The van der Waals surface area contributed by atoms with Crippen LogP contribution in [0.15, 0.2) is 24.3 Å². The zero-order valence-electron chi connectivity index (χ0n) is 10.5. The van der Waals surface area contributed by atoms with Crippen molar-refractivity contribution in [1.82, 2.24) is 0 Å². The summed E-state index contributed by atoms with van der Waals surface area (Å²) in [6, 6.07) is 5.83. The fourth-order valence-electron chi connectivity index (χ4n) is 2.65. The van der Waals surface area contributed by atoms with Crippen LogP contribution < -0.4 is 4.74 Å². The summed E-state index contributed by atoms with van der Waals surface area (Å²) in [5.41, 5.74) is 0.228. The first-order chi connectivity index (χ1) is 8.97. The van der Waals surface area contributed by atoms with Crippen molar-refractivity contribution in [3.63, 3.8) is 0 Å². The smallest absolute Gasteiger partial charge is 0.405 e. The SMILES string of the molecule is OC(c1ccccc1OC(F)(F)F)C1CCCCC1. The molecule has 106 valence electrons. The predicted molar refractivity (Wildman–Crippen MR) is 64.7 cm³/mol. The third-order valence-electron chi connectivity index (χ3n) is 3.56. The number of aliphatic hydroxyl groups is 1. The second-order valence-electron chi connectivity index (χ2n) is 4.93. The number of aliphatic hydroxyl groups excluding tert-OH is 1. The Kier molecular flexibility index (Phi) is 4.34. The van der Waals surface area contributed by atoms with Gasteiger partial charge in [-0.25, -0.2) is 0 Å². The first kappa shape index (κ1) is 14.2. The Morgan fingerprint density at radius 3 is 2.37 bits per heavy atom. The van der Waals surface area contributed by atoms with Crippen LogP contribution in [-0.4, -0.2) is 11.5 Å². The number of hydrogen-bond donors (Lipinski definition) is 1. The van der Waals surface area contributed by atoms with Crippen LogP contribution in [0, 0.1) is 5.92 Å². The monoisotopic (exact) mass is 274 g/mol. The molecule has 1 aliphatic carbocycles. The van der Waals surface area contributed by atoms with Crippen LogP contribution in [0.5, 0.6) is 5.75 Å². The summed E-state index contributed by atoms with van der Waals surface area (Å²) in [7, 11) is 0. The molecule has 5 heteroatoms. The average Bonchev–Trinajstić information content (AvgIpc) is 2.38. The van der Waals surface area contributed by atoms with E-state index in [2.05, 4.69) is 4.74 Å². The fourth-order valence-corrected chi connectivity index (χ4v) is 2.65. The molecule has 1 aromatic carbocycles. The molecular formula is C14H17F3O2. The minimum absolute atomic E-state index is 0.0201. The highest BCUT2D eigenvalue weighted by atomic mass is 19.4. The van der Waals surface area contributed by atoms with Crippen LogP contribution in [-0.2, 0) is 0 Å². The van der Waals surface area contributed by atoms with Crippen molar-refractivity contribution in [2.75, 3.05) is 0 Å². The molecule has 19 heavy (non-hydrogen) atoms. The van der Waals surface area contributed by atoms with Crippen molar-refractivity contribution < 1.29 is 23.0 Å². The molecule has 1 atom stereocenters. The van der Waals surface area contributed by atoms with Gasteiger partial charge < -0.3 is 9.84 Å². The number of benzene rings is 1. The quantitative estimate of drug-likeness (QED) is 0.895. The van der Waals surface area contributed by atoms with Crippen LogP contribution in [0.2, 0.25) is 0 Å². The maximum absolute atomic E-state index is 12.3. The van der Waals surface area contributed by atoms with E-state index in [0.717, 1.165) is 32.1 Å². The molecule has 2 nitrogen and oxygen atoms in total. The fraction of sp³-hybridized carbons (Fsp3) is 0.571. The molecular weight excluding hydrogens is 257 g/mol. The van der Waals surface area contributed by atoms with Crippen molar-refractivity contribution in [3.05, 3.63) is 29.8 Å². The summed E-state index contributed by atoms with van der Waals surface area (Å²) >= 11 is 0. The van der Waals surface area contributed by atoms with Gasteiger partial charge in [-0.3, -0.25) is 0 Å². The van der Waals surface area contributed by atoms with Crippen molar-refractivity contribution in [2.24, 2.45) is 5.92 Å². The number of halogens is 3. The molecule has 0 spiro atoms. The highest BCUT2D eigenvalue weighted by Gasteiger charge is 2.34. The van der Waals surface area contributed by atoms with Gasteiger partial charge in [0, 0.05) is 5.56 Å². The van der Waals surface area contributed by atoms with E-state index in [9.17, 15) is 18.3 Å². The molecule has 1 aliphatic rings. The molecule has 1 unspecified atom stereocenters. The van der Waals surface area contributed by atoms with Crippen molar-refractivity contribution in [2.45, 2.75) is 44.6 Å². The summed E-state index contributed by atoms with van der Waals surface area (Å²) < 4.78 is 41.0. The maximum Gasteiger partial charge on any atom is 0.573 e. The lowest BCUT2D eigenvalue weighted by Crippen LogP contribution is -2.21. The van der Waals surface area contributed by atoms with E-state index in [0.29, 0.717) is 0 Å². The van der Waals surface area contributed by atoms with Crippen LogP contribution in [0.4, 0.5) is 13.2 Å². The minimum atomic E-state index is -4.73. The molecule has 1 saturated carbocycles. The van der Waals surface area contributed by atoms with Crippen LogP contribution >= 0.6 is 0 Å². The first-order valence-electron chi connectivity index (χ1n) is 6.50. The first-order valence-corrected chi connectivity index (χ1v) is 6.50. The molecule has 0 radical (unpaired) electrons. The molecule has 0 heterocycles. The zero-order valence-corrected chi connectivity index (χ0v) is 10.5. The summed E-state index contributed by atoms with van der Waals surface area (Å²) in [5, 5.41) is 10.3. The summed E-state index contributed by atoms with van der Waals surface area (Å²) in [4.78, 5) is 0. The Hall–Kier alpha value is -1.23.